The van der Waals surface area contributed by atoms with Crippen LogP contribution in [-0.4, -0.2) is 24.0 Å². The zero-order chi connectivity index (χ0) is 14.7. The first-order valence-electron chi connectivity index (χ1n) is 6.95. The standard InChI is InChI=1S/C15H16BrN3OS/c16-12-3-1-10(2-4-12)13-9-21-15(18-13)19-14(20)11-5-7-17-8-6-11/h1-4,9,11,17H,5-8H2,(H,18,19,20). The van der Waals surface area contributed by atoms with Crippen LogP contribution in [-0.2, 0) is 4.79 Å². The second kappa shape index (κ2) is 6.68. The van der Waals surface area contributed by atoms with E-state index < -0.39 is 0 Å². The number of carbonyl (C=O) groups is 1. The number of nitrogens with one attached hydrogen (secondary N) is 2. The van der Waals surface area contributed by atoms with Gasteiger partial charge in [-0.05, 0) is 38.1 Å². The minimum atomic E-state index is 0.0909. The number of carbonyl (C=O) groups excluding carboxylic acids is 1. The number of hydrogen-bond acceptors (Lipinski definition) is 4. The maximum atomic E-state index is 12.2. The maximum absolute atomic E-state index is 12.2. The molecule has 0 bridgehead atoms. The monoisotopic (exact) mass is 365 g/mol. The summed E-state index contributed by atoms with van der Waals surface area (Å²) in [5, 5.41) is 8.86. The molecule has 21 heavy (non-hydrogen) atoms. The summed E-state index contributed by atoms with van der Waals surface area (Å²) in [4.78, 5) is 16.7. The number of aromatic nitrogens is 1. The number of hydrogen-bond donors (Lipinski definition) is 2. The minimum Gasteiger partial charge on any atom is -0.317 e. The largest absolute Gasteiger partial charge is 0.317 e. The quantitative estimate of drug-likeness (QED) is 0.874. The summed E-state index contributed by atoms with van der Waals surface area (Å²) in [6.45, 7) is 1.83. The minimum absolute atomic E-state index is 0.0909. The summed E-state index contributed by atoms with van der Waals surface area (Å²) in [5.41, 5.74) is 1.95. The molecule has 0 aliphatic carbocycles. The molecule has 6 heteroatoms. The molecule has 4 nitrogen and oxygen atoms in total. The molecule has 0 radical (unpaired) electrons. The Hall–Kier alpha value is -1.24. The first-order valence-corrected chi connectivity index (χ1v) is 8.63. The highest BCUT2D eigenvalue weighted by molar-refractivity contribution is 9.10. The van der Waals surface area contributed by atoms with Crippen molar-refractivity contribution < 1.29 is 4.79 Å². The van der Waals surface area contributed by atoms with Crippen LogP contribution in [0.1, 0.15) is 12.8 Å². The summed E-state index contributed by atoms with van der Waals surface area (Å²) in [6.07, 6.45) is 1.80. The Morgan fingerprint density at radius 2 is 2.00 bits per heavy atom. The van der Waals surface area contributed by atoms with Crippen LogP contribution in [0.25, 0.3) is 11.3 Å². The van der Waals surface area contributed by atoms with Gasteiger partial charge in [0, 0.05) is 21.3 Å². The number of thiazole rings is 1. The van der Waals surface area contributed by atoms with E-state index in [1.54, 1.807) is 0 Å². The number of halogens is 1. The van der Waals surface area contributed by atoms with Crippen LogP contribution >= 0.6 is 27.3 Å². The molecule has 110 valence electrons. The second-order valence-corrected chi connectivity index (χ2v) is 6.83. The summed E-state index contributed by atoms with van der Waals surface area (Å²) in [5.74, 6) is 0.194. The van der Waals surface area contributed by atoms with Crippen molar-refractivity contribution in [1.29, 1.82) is 0 Å². The highest BCUT2D eigenvalue weighted by atomic mass is 79.9. The third-order valence-corrected chi connectivity index (χ3v) is 4.87. The predicted molar refractivity (Wildman–Crippen MR) is 89.5 cm³/mol. The molecule has 1 aliphatic heterocycles. The fourth-order valence-electron chi connectivity index (χ4n) is 2.38. The van der Waals surface area contributed by atoms with E-state index in [9.17, 15) is 4.79 Å². The van der Waals surface area contributed by atoms with E-state index in [2.05, 4.69) is 31.5 Å². The number of rotatable bonds is 3. The molecule has 2 aromatic rings. The van der Waals surface area contributed by atoms with Crippen molar-refractivity contribution in [2.75, 3.05) is 18.4 Å². The summed E-state index contributed by atoms with van der Waals surface area (Å²) >= 11 is 4.89. The van der Waals surface area contributed by atoms with Gasteiger partial charge in [-0.25, -0.2) is 4.98 Å². The lowest BCUT2D eigenvalue weighted by molar-refractivity contribution is -0.120. The molecule has 2 N–H and O–H groups in total. The van der Waals surface area contributed by atoms with Gasteiger partial charge >= 0.3 is 0 Å². The van der Waals surface area contributed by atoms with Gasteiger partial charge in [-0.1, -0.05) is 28.1 Å². The lowest BCUT2D eigenvalue weighted by Gasteiger charge is -2.20. The highest BCUT2D eigenvalue weighted by Gasteiger charge is 2.21. The predicted octanol–water partition coefficient (Wildman–Crippen LogP) is 3.51. The molecule has 2 heterocycles. The Labute approximate surface area is 136 Å². The molecule has 3 rings (SSSR count). The number of piperidine rings is 1. The second-order valence-electron chi connectivity index (χ2n) is 5.06. The van der Waals surface area contributed by atoms with E-state index in [-0.39, 0.29) is 11.8 Å². The zero-order valence-electron chi connectivity index (χ0n) is 11.4. The lowest BCUT2D eigenvalue weighted by atomic mass is 9.97. The van der Waals surface area contributed by atoms with Crippen molar-refractivity contribution >= 4 is 38.3 Å². The van der Waals surface area contributed by atoms with Crippen LogP contribution in [0.3, 0.4) is 0 Å². The number of anilines is 1. The highest BCUT2D eigenvalue weighted by Crippen LogP contribution is 2.26. The fraction of sp³-hybridized carbons (Fsp3) is 0.333. The van der Waals surface area contributed by atoms with E-state index in [0.717, 1.165) is 41.7 Å². The molecule has 0 unspecified atom stereocenters. The van der Waals surface area contributed by atoms with Crippen LogP contribution in [0.15, 0.2) is 34.1 Å². The average Bonchev–Trinajstić information content (AvgIpc) is 2.97. The van der Waals surface area contributed by atoms with E-state index in [4.69, 9.17) is 0 Å². The Balaban J connectivity index is 1.67. The summed E-state index contributed by atoms with van der Waals surface area (Å²) < 4.78 is 1.04. The van der Waals surface area contributed by atoms with Gasteiger partial charge in [0.25, 0.3) is 0 Å². The average molecular weight is 366 g/mol. The SMILES string of the molecule is O=C(Nc1nc(-c2ccc(Br)cc2)cs1)C1CCNCC1. The van der Waals surface area contributed by atoms with Gasteiger partial charge in [0.05, 0.1) is 5.69 Å². The van der Waals surface area contributed by atoms with Crippen molar-refractivity contribution in [3.05, 3.63) is 34.1 Å². The van der Waals surface area contributed by atoms with Gasteiger partial charge in [0.1, 0.15) is 0 Å². The van der Waals surface area contributed by atoms with E-state index >= 15 is 0 Å². The van der Waals surface area contributed by atoms with Crippen LogP contribution < -0.4 is 10.6 Å². The topological polar surface area (TPSA) is 54.0 Å². The van der Waals surface area contributed by atoms with Gasteiger partial charge in [-0.2, -0.15) is 0 Å². The zero-order valence-corrected chi connectivity index (χ0v) is 13.8. The van der Waals surface area contributed by atoms with Crippen molar-refractivity contribution in [2.45, 2.75) is 12.8 Å². The summed E-state index contributed by atoms with van der Waals surface area (Å²) in [6, 6.07) is 8.00. The molecule has 1 aromatic heterocycles. The van der Waals surface area contributed by atoms with E-state index in [1.165, 1.54) is 11.3 Å². The number of amides is 1. The first kappa shape index (κ1) is 14.7. The van der Waals surface area contributed by atoms with Crippen LogP contribution in [0, 0.1) is 5.92 Å². The molecule has 0 saturated carbocycles. The Morgan fingerprint density at radius 3 is 2.71 bits per heavy atom. The Bertz CT molecular complexity index is 620. The van der Waals surface area contributed by atoms with E-state index in [1.807, 2.05) is 29.6 Å². The molecular formula is C15H16BrN3OS. The smallest absolute Gasteiger partial charge is 0.229 e. The van der Waals surface area contributed by atoms with E-state index in [0.29, 0.717) is 5.13 Å². The van der Waals surface area contributed by atoms with Gasteiger partial charge in [-0.15, -0.1) is 11.3 Å². The summed E-state index contributed by atoms with van der Waals surface area (Å²) in [7, 11) is 0. The lowest BCUT2D eigenvalue weighted by Crippen LogP contribution is -2.34. The van der Waals surface area contributed by atoms with Crippen LogP contribution in [0.4, 0.5) is 5.13 Å². The Kier molecular flexibility index (Phi) is 4.67. The van der Waals surface area contributed by atoms with Crippen molar-refractivity contribution in [3.63, 3.8) is 0 Å². The normalized spacial score (nSPS) is 15.9. The van der Waals surface area contributed by atoms with Crippen LogP contribution in [0.2, 0.25) is 0 Å². The molecule has 0 spiro atoms. The fourth-order valence-corrected chi connectivity index (χ4v) is 3.36. The molecule has 1 aromatic carbocycles. The van der Waals surface area contributed by atoms with Crippen molar-refractivity contribution in [3.8, 4) is 11.3 Å². The molecular weight excluding hydrogens is 350 g/mol. The van der Waals surface area contributed by atoms with Gasteiger partial charge in [0.2, 0.25) is 5.91 Å². The van der Waals surface area contributed by atoms with Crippen molar-refractivity contribution in [1.82, 2.24) is 10.3 Å². The number of benzene rings is 1. The third kappa shape index (κ3) is 3.70. The third-order valence-electron chi connectivity index (χ3n) is 3.58. The molecule has 1 fully saturated rings. The van der Waals surface area contributed by atoms with Gasteiger partial charge < -0.3 is 10.6 Å². The maximum Gasteiger partial charge on any atom is 0.229 e. The van der Waals surface area contributed by atoms with Crippen molar-refractivity contribution in [2.24, 2.45) is 5.92 Å². The molecule has 1 amide bonds. The molecule has 1 aliphatic rings. The first-order chi connectivity index (χ1) is 10.2. The van der Waals surface area contributed by atoms with Gasteiger partial charge in [0.15, 0.2) is 5.13 Å². The molecule has 1 saturated heterocycles. The number of nitrogens with zero attached hydrogens (tertiary/aromatic N) is 1. The van der Waals surface area contributed by atoms with Gasteiger partial charge in [-0.3, -0.25) is 4.79 Å². The van der Waals surface area contributed by atoms with Crippen LogP contribution in [0.5, 0.6) is 0 Å². The molecule has 0 atom stereocenters. The Morgan fingerprint density at radius 1 is 1.29 bits per heavy atom.